The number of carbonyl (C=O) groups excluding carboxylic acids is 3. The Bertz CT molecular complexity index is 765. The second-order valence-electron chi connectivity index (χ2n) is 6.57. The third-order valence-electron chi connectivity index (χ3n) is 5.00. The standard InChI is InChI=1S/C17H19ClN4O4/c18-10-1-2-11-13(9-10)19-15(23)14-12(3-4-22(14)16(11)24)20-17(25)21-5-7-26-8-6-21/h1-2,9,12,14H,3-8H2,(H,19,23)(H,20,25)/t12-,14-/m0/s1. The minimum Gasteiger partial charge on any atom is -0.378 e. The zero-order chi connectivity index (χ0) is 18.3. The van der Waals surface area contributed by atoms with Crippen LogP contribution in [-0.4, -0.2) is 72.6 Å². The fraction of sp³-hybridized carbons (Fsp3) is 0.471. The highest BCUT2D eigenvalue weighted by Crippen LogP contribution is 2.30. The summed E-state index contributed by atoms with van der Waals surface area (Å²) in [6, 6.07) is 3.40. The number of carbonyl (C=O) groups is 3. The van der Waals surface area contributed by atoms with Crippen molar-refractivity contribution in [3.63, 3.8) is 0 Å². The van der Waals surface area contributed by atoms with Crippen molar-refractivity contribution < 1.29 is 19.1 Å². The van der Waals surface area contributed by atoms with Crippen LogP contribution in [0.4, 0.5) is 10.5 Å². The maximum atomic E-state index is 12.9. The van der Waals surface area contributed by atoms with Gasteiger partial charge < -0.3 is 25.2 Å². The van der Waals surface area contributed by atoms with E-state index in [0.717, 1.165) is 0 Å². The van der Waals surface area contributed by atoms with E-state index in [-0.39, 0.29) is 17.8 Å². The van der Waals surface area contributed by atoms with E-state index in [0.29, 0.717) is 55.5 Å². The Labute approximate surface area is 155 Å². The minimum absolute atomic E-state index is 0.231. The number of halogens is 1. The molecule has 2 fully saturated rings. The molecule has 0 bridgehead atoms. The van der Waals surface area contributed by atoms with E-state index >= 15 is 0 Å². The van der Waals surface area contributed by atoms with Gasteiger partial charge in [0, 0.05) is 24.7 Å². The Kier molecular flexibility index (Phi) is 4.46. The molecule has 9 heteroatoms. The van der Waals surface area contributed by atoms with Crippen LogP contribution in [0.15, 0.2) is 18.2 Å². The first-order valence-electron chi connectivity index (χ1n) is 8.59. The second-order valence-corrected chi connectivity index (χ2v) is 7.00. The van der Waals surface area contributed by atoms with Gasteiger partial charge in [-0.1, -0.05) is 11.6 Å². The summed E-state index contributed by atoms with van der Waals surface area (Å²) in [6.45, 7) is 2.45. The number of fused-ring (bicyclic) bond motifs is 2. The van der Waals surface area contributed by atoms with E-state index in [1.165, 1.54) is 4.90 Å². The highest BCUT2D eigenvalue weighted by molar-refractivity contribution is 6.31. The number of urea groups is 1. The second kappa shape index (κ2) is 6.77. The Morgan fingerprint density at radius 3 is 2.77 bits per heavy atom. The van der Waals surface area contributed by atoms with E-state index in [2.05, 4.69) is 10.6 Å². The summed E-state index contributed by atoms with van der Waals surface area (Å²) in [7, 11) is 0. The molecule has 8 nitrogen and oxygen atoms in total. The molecule has 0 radical (unpaired) electrons. The first-order chi connectivity index (χ1) is 12.5. The van der Waals surface area contributed by atoms with Gasteiger partial charge in [-0.2, -0.15) is 0 Å². The SMILES string of the molecule is O=C1Nc2cc(Cl)ccc2C(=O)N2CC[C@H](NC(=O)N3CCOCC3)[C@@H]12. The average molecular weight is 379 g/mol. The lowest BCUT2D eigenvalue weighted by molar-refractivity contribution is -0.120. The summed E-state index contributed by atoms with van der Waals surface area (Å²) >= 11 is 5.98. The molecule has 0 unspecified atom stereocenters. The van der Waals surface area contributed by atoms with Crippen molar-refractivity contribution in [1.82, 2.24) is 15.1 Å². The van der Waals surface area contributed by atoms with Gasteiger partial charge in [0.15, 0.2) is 0 Å². The van der Waals surface area contributed by atoms with Gasteiger partial charge in [0.2, 0.25) is 5.91 Å². The third-order valence-corrected chi connectivity index (χ3v) is 5.24. The zero-order valence-corrected chi connectivity index (χ0v) is 14.8. The fourth-order valence-corrected chi connectivity index (χ4v) is 3.85. The van der Waals surface area contributed by atoms with Crippen LogP contribution in [0.1, 0.15) is 16.8 Å². The van der Waals surface area contributed by atoms with Crippen molar-refractivity contribution in [2.24, 2.45) is 0 Å². The number of morpholine rings is 1. The van der Waals surface area contributed by atoms with E-state index in [9.17, 15) is 14.4 Å². The summed E-state index contributed by atoms with van der Waals surface area (Å²) < 4.78 is 5.25. The van der Waals surface area contributed by atoms with Gasteiger partial charge in [0.25, 0.3) is 5.91 Å². The molecular formula is C17H19ClN4O4. The Morgan fingerprint density at radius 2 is 2.00 bits per heavy atom. The van der Waals surface area contributed by atoms with Gasteiger partial charge in [-0.3, -0.25) is 9.59 Å². The molecule has 2 N–H and O–H groups in total. The van der Waals surface area contributed by atoms with Crippen LogP contribution in [-0.2, 0) is 9.53 Å². The number of benzene rings is 1. The normalized spacial score (nSPS) is 25.3. The summed E-state index contributed by atoms with van der Waals surface area (Å²) in [4.78, 5) is 41.3. The van der Waals surface area contributed by atoms with Crippen molar-refractivity contribution in [2.75, 3.05) is 38.2 Å². The highest BCUT2D eigenvalue weighted by Gasteiger charge is 2.45. The first kappa shape index (κ1) is 17.1. The maximum absolute atomic E-state index is 12.9. The van der Waals surface area contributed by atoms with Gasteiger partial charge in [0.1, 0.15) is 6.04 Å². The van der Waals surface area contributed by atoms with E-state index in [4.69, 9.17) is 16.3 Å². The molecule has 138 valence electrons. The Balaban J connectivity index is 1.54. The number of ether oxygens (including phenoxy) is 1. The van der Waals surface area contributed by atoms with Crippen LogP contribution in [0.25, 0.3) is 0 Å². The van der Waals surface area contributed by atoms with Crippen LogP contribution < -0.4 is 10.6 Å². The van der Waals surface area contributed by atoms with Gasteiger partial charge in [-0.25, -0.2) is 4.79 Å². The summed E-state index contributed by atoms with van der Waals surface area (Å²) in [5, 5.41) is 6.13. The first-order valence-corrected chi connectivity index (χ1v) is 8.97. The number of rotatable bonds is 1. The molecule has 3 heterocycles. The van der Waals surface area contributed by atoms with Crippen LogP contribution in [0, 0.1) is 0 Å². The maximum Gasteiger partial charge on any atom is 0.317 e. The van der Waals surface area contributed by atoms with E-state index < -0.39 is 12.1 Å². The van der Waals surface area contributed by atoms with E-state index in [1.807, 2.05) is 0 Å². The van der Waals surface area contributed by atoms with Crippen molar-refractivity contribution in [2.45, 2.75) is 18.5 Å². The van der Waals surface area contributed by atoms with Gasteiger partial charge in [-0.15, -0.1) is 0 Å². The number of nitrogens with one attached hydrogen (secondary N) is 2. The van der Waals surface area contributed by atoms with Crippen molar-refractivity contribution in [3.05, 3.63) is 28.8 Å². The quantitative estimate of drug-likeness (QED) is 0.760. The number of amides is 4. The molecule has 4 rings (SSSR count). The zero-order valence-electron chi connectivity index (χ0n) is 14.0. The predicted octanol–water partition coefficient (Wildman–Crippen LogP) is 0.917. The number of hydrogen-bond donors (Lipinski definition) is 2. The lowest BCUT2D eigenvalue weighted by Gasteiger charge is -2.30. The minimum atomic E-state index is -0.737. The molecule has 1 aromatic rings. The lowest BCUT2D eigenvalue weighted by atomic mass is 10.1. The lowest BCUT2D eigenvalue weighted by Crippen LogP contribution is -2.55. The van der Waals surface area contributed by atoms with Gasteiger partial charge in [-0.05, 0) is 24.6 Å². The monoisotopic (exact) mass is 378 g/mol. The van der Waals surface area contributed by atoms with Crippen LogP contribution in [0.2, 0.25) is 5.02 Å². The number of nitrogens with zero attached hydrogens (tertiary/aromatic N) is 2. The molecule has 3 aliphatic rings. The highest BCUT2D eigenvalue weighted by atomic mass is 35.5. The molecule has 2 atom stereocenters. The average Bonchev–Trinajstić information content (AvgIpc) is 3.01. The topological polar surface area (TPSA) is 91.0 Å². The molecule has 0 spiro atoms. The smallest absolute Gasteiger partial charge is 0.317 e. The number of anilines is 1. The van der Waals surface area contributed by atoms with Crippen LogP contribution in [0.3, 0.4) is 0 Å². The Hall–Kier alpha value is -2.32. The van der Waals surface area contributed by atoms with Gasteiger partial charge >= 0.3 is 6.03 Å². The predicted molar refractivity (Wildman–Crippen MR) is 94.2 cm³/mol. The van der Waals surface area contributed by atoms with Crippen LogP contribution >= 0.6 is 11.6 Å². The van der Waals surface area contributed by atoms with Crippen LogP contribution in [0.5, 0.6) is 0 Å². The Morgan fingerprint density at radius 1 is 1.23 bits per heavy atom. The molecule has 1 aromatic carbocycles. The summed E-state index contributed by atoms with van der Waals surface area (Å²) in [5.41, 5.74) is 0.811. The molecular weight excluding hydrogens is 360 g/mol. The van der Waals surface area contributed by atoms with E-state index in [1.54, 1.807) is 23.1 Å². The summed E-state index contributed by atoms with van der Waals surface area (Å²) in [5.74, 6) is -0.549. The van der Waals surface area contributed by atoms with Crippen molar-refractivity contribution in [3.8, 4) is 0 Å². The van der Waals surface area contributed by atoms with Crippen molar-refractivity contribution >= 4 is 35.1 Å². The largest absolute Gasteiger partial charge is 0.378 e. The molecule has 0 aliphatic carbocycles. The van der Waals surface area contributed by atoms with Gasteiger partial charge in [0.05, 0.1) is 30.5 Å². The molecule has 26 heavy (non-hydrogen) atoms. The molecule has 0 saturated carbocycles. The molecule has 0 aromatic heterocycles. The molecule has 2 saturated heterocycles. The number of hydrogen-bond acceptors (Lipinski definition) is 4. The molecule has 4 amide bonds. The van der Waals surface area contributed by atoms with Crippen molar-refractivity contribution in [1.29, 1.82) is 0 Å². The third kappa shape index (κ3) is 2.99. The summed E-state index contributed by atoms with van der Waals surface area (Å²) in [6.07, 6.45) is 0.531. The molecule has 3 aliphatic heterocycles. The fourth-order valence-electron chi connectivity index (χ4n) is 3.68.